The number of rotatable bonds is 10. The van der Waals surface area contributed by atoms with Gasteiger partial charge in [0.05, 0.1) is 12.5 Å². The lowest BCUT2D eigenvalue weighted by Crippen LogP contribution is -2.51. The van der Waals surface area contributed by atoms with Crippen LogP contribution in [-0.2, 0) is 16.6 Å². The summed E-state index contributed by atoms with van der Waals surface area (Å²) < 4.78 is 5.29. The maximum Gasteiger partial charge on any atom is 0.319 e. The summed E-state index contributed by atoms with van der Waals surface area (Å²) in [4.78, 5) is 35.0. The van der Waals surface area contributed by atoms with E-state index in [2.05, 4.69) is 39.3 Å². The summed E-state index contributed by atoms with van der Waals surface area (Å²) in [5, 5.41) is 5.89. The second kappa shape index (κ2) is 11.9. The van der Waals surface area contributed by atoms with E-state index in [9.17, 15) is 9.59 Å². The van der Waals surface area contributed by atoms with Crippen molar-refractivity contribution in [3.05, 3.63) is 53.3 Å². The van der Waals surface area contributed by atoms with Crippen LogP contribution in [0.3, 0.4) is 0 Å². The topological polar surface area (TPSA) is 86.8 Å². The largest absolute Gasteiger partial charge is 0.497 e. The van der Waals surface area contributed by atoms with Crippen LogP contribution in [0, 0.1) is 6.92 Å². The van der Waals surface area contributed by atoms with Crippen LogP contribution in [0.4, 0.5) is 10.5 Å². The molecule has 0 radical (unpaired) electrons. The van der Waals surface area contributed by atoms with Gasteiger partial charge >= 0.3 is 6.03 Å². The van der Waals surface area contributed by atoms with Crippen LogP contribution < -0.4 is 15.4 Å². The molecular weight excluding hydrogens is 466 g/mol. The second-order valence-corrected chi connectivity index (χ2v) is 10.2. The molecule has 1 aliphatic heterocycles. The number of likely N-dealkylation sites (N-methyl/N-ethyl adjacent to an activating group) is 1. The predicted molar refractivity (Wildman–Crippen MR) is 146 cm³/mol. The van der Waals surface area contributed by atoms with Gasteiger partial charge in [-0.05, 0) is 75.8 Å². The fourth-order valence-corrected chi connectivity index (χ4v) is 5.45. The number of pyridine rings is 1. The number of amides is 3. The molecule has 37 heavy (non-hydrogen) atoms. The summed E-state index contributed by atoms with van der Waals surface area (Å²) in [5.41, 5.74) is 3.38. The van der Waals surface area contributed by atoms with Crippen molar-refractivity contribution in [1.29, 1.82) is 0 Å². The number of aromatic nitrogens is 1. The lowest BCUT2D eigenvalue weighted by Gasteiger charge is -2.39. The number of nitrogens with zero attached hydrogens (tertiary/aromatic N) is 3. The summed E-state index contributed by atoms with van der Waals surface area (Å²) in [6.45, 7) is 10.0. The van der Waals surface area contributed by atoms with E-state index in [1.165, 1.54) is 0 Å². The molecular formula is C29H41N5O3. The fraction of sp³-hybridized carbons (Fsp3) is 0.552. The Hall–Kier alpha value is -3.13. The third-order valence-corrected chi connectivity index (χ3v) is 7.74. The minimum atomic E-state index is -0.359. The summed E-state index contributed by atoms with van der Waals surface area (Å²) in [6, 6.07) is 11.9. The van der Waals surface area contributed by atoms with Crippen molar-refractivity contribution < 1.29 is 14.3 Å². The Balaban J connectivity index is 1.23. The molecule has 1 aromatic carbocycles. The molecule has 2 N–H and O–H groups in total. The molecule has 8 nitrogen and oxygen atoms in total. The monoisotopic (exact) mass is 507 g/mol. The molecule has 0 spiro atoms. The first-order chi connectivity index (χ1) is 17.9. The molecule has 4 rings (SSSR count). The van der Waals surface area contributed by atoms with Crippen molar-refractivity contribution in [3.8, 4) is 5.75 Å². The smallest absolute Gasteiger partial charge is 0.319 e. The van der Waals surface area contributed by atoms with Crippen LogP contribution in [0.5, 0.6) is 5.75 Å². The maximum absolute atomic E-state index is 13.7. The Morgan fingerprint density at radius 3 is 2.43 bits per heavy atom. The van der Waals surface area contributed by atoms with E-state index in [1.54, 1.807) is 7.11 Å². The summed E-state index contributed by atoms with van der Waals surface area (Å²) >= 11 is 0. The number of carbonyl (C=O) groups excluding carboxylic acids is 2. The number of likely N-dealkylation sites (tertiary alicyclic amines) is 1. The molecule has 1 saturated heterocycles. The summed E-state index contributed by atoms with van der Waals surface area (Å²) in [7, 11) is 1.66. The van der Waals surface area contributed by atoms with E-state index < -0.39 is 0 Å². The van der Waals surface area contributed by atoms with Crippen LogP contribution in [-0.4, -0.2) is 72.6 Å². The number of hydrogen-bond donors (Lipinski definition) is 2. The number of piperidine rings is 1. The van der Waals surface area contributed by atoms with Crippen LogP contribution in [0.2, 0.25) is 0 Å². The van der Waals surface area contributed by atoms with Crippen LogP contribution in [0.15, 0.2) is 36.4 Å². The van der Waals surface area contributed by atoms with Crippen molar-refractivity contribution >= 4 is 17.6 Å². The third kappa shape index (κ3) is 6.42. The molecule has 8 heteroatoms. The molecule has 0 bridgehead atoms. The molecule has 3 amide bonds. The fourth-order valence-electron chi connectivity index (χ4n) is 5.45. The molecule has 1 aliphatic carbocycles. The Morgan fingerprint density at radius 2 is 1.84 bits per heavy atom. The van der Waals surface area contributed by atoms with Crippen molar-refractivity contribution in [1.82, 2.24) is 20.1 Å². The SMILES string of the molecule is CCc1cc(NC(=O)NCCN2CCC(N(CC)C(=O)C3(c4ccc(OC)cc4)CC3)CC2)cc(C)n1. The number of aryl methyl sites for hydroxylation is 2. The van der Waals surface area contributed by atoms with Crippen LogP contribution in [0.1, 0.15) is 56.5 Å². The van der Waals surface area contributed by atoms with Crippen molar-refractivity contribution in [2.45, 2.75) is 64.3 Å². The molecule has 2 heterocycles. The normalized spacial score (nSPS) is 17.2. The Morgan fingerprint density at radius 1 is 1.14 bits per heavy atom. The van der Waals surface area contributed by atoms with Gasteiger partial charge in [0, 0.05) is 55.8 Å². The number of methoxy groups -OCH3 is 1. The zero-order valence-corrected chi connectivity index (χ0v) is 22.7. The van der Waals surface area contributed by atoms with E-state index in [0.717, 1.165) is 86.7 Å². The summed E-state index contributed by atoms with van der Waals surface area (Å²) in [5.74, 6) is 1.09. The van der Waals surface area contributed by atoms with Crippen molar-refractivity contribution in [3.63, 3.8) is 0 Å². The van der Waals surface area contributed by atoms with Crippen LogP contribution in [0.25, 0.3) is 0 Å². The van der Waals surface area contributed by atoms with Gasteiger partial charge in [-0.2, -0.15) is 0 Å². The highest BCUT2D eigenvalue weighted by Crippen LogP contribution is 2.50. The van der Waals surface area contributed by atoms with E-state index >= 15 is 0 Å². The summed E-state index contributed by atoms with van der Waals surface area (Å²) in [6.07, 6.45) is 4.58. The number of ether oxygens (including phenoxy) is 1. The zero-order chi connectivity index (χ0) is 26.4. The highest BCUT2D eigenvalue weighted by Gasteiger charge is 2.53. The first-order valence-corrected chi connectivity index (χ1v) is 13.6. The lowest BCUT2D eigenvalue weighted by molar-refractivity contribution is -0.137. The number of nitrogens with one attached hydrogen (secondary N) is 2. The van der Waals surface area contributed by atoms with Gasteiger partial charge < -0.3 is 25.2 Å². The molecule has 1 aromatic heterocycles. The van der Waals surface area contributed by atoms with E-state index in [4.69, 9.17) is 4.74 Å². The first-order valence-electron chi connectivity index (χ1n) is 13.6. The Bertz CT molecular complexity index is 1080. The van der Waals surface area contributed by atoms with Crippen LogP contribution >= 0.6 is 0 Å². The quantitative estimate of drug-likeness (QED) is 0.505. The number of carbonyl (C=O) groups is 2. The highest BCUT2D eigenvalue weighted by atomic mass is 16.5. The zero-order valence-electron chi connectivity index (χ0n) is 22.7. The molecule has 0 atom stereocenters. The average Bonchev–Trinajstić information content (AvgIpc) is 3.72. The minimum absolute atomic E-state index is 0.196. The van der Waals surface area contributed by atoms with Gasteiger partial charge in [0.25, 0.3) is 0 Å². The third-order valence-electron chi connectivity index (χ3n) is 7.74. The maximum atomic E-state index is 13.7. The van der Waals surface area contributed by atoms with Gasteiger partial charge in [-0.25, -0.2) is 4.79 Å². The van der Waals surface area contributed by atoms with Gasteiger partial charge in [-0.3, -0.25) is 9.78 Å². The molecule has 1 saturated carbocycles. The molecule has 2 fully saturated rings. The van der Waals surface area contributed by atoms with Gasteiger partial charge in [0.2, 0.25) is 5.91 Å². The predicted octanol–water partition coefficient (Wildman–Crippen LogP) is 4.13. The van der Waals surface area contributed by atoms with E-state index in [-0.39, 0.29) is 23.4 Å². The standard InChI is InChI=1S/C29H41N5O3/c1-5-23-20-24(19-21(3)31-23)32-28(36)30-15-18-33-16-11-25(12-17-33)34(6-2)27(35)29(13-14-29)22-7-9-26(37-4)10-8-22/h7-10,19-20,25H,5-6,11-18H2,1-4H3,(H2,30,31,32,36). The number of anilines is 1. The van der Waals surface area contributed by atoms with Gasteiger partial charge in [-0.1, -0.05) is 19.1 Å². The first kappa shape index (κ1) is 26.9. The number of hydrogen-bond acceptors (Lipinski definition) is 5. The molecule has 0 unspecified atom stereocenters. The van der Waals surface area contributed by atoms with E-state index in [1.807, 2.05) is 43.3 Å². The minimum Gasteiger partial charge on any atom is -0.497 e. The van der Waals surface area contributed by atoms with Crippen molar-refractivity contribution in [2.24, 2.45) is 0 Å². The molecule has 2 aliphatic rings. The van der Waals surface area contributed by atoms with Gasteiger partial charge in [-0.15, -0.1) is 0 Å². The number of urea groups is 1. The molecule has 200 valence electrons. The van der Waals surface area contributed by atoms with Gasteiger partial charge in [0.15, 0.2) is 0 Å². The van der Waals surface area contributed by atoms with E-state index in [0.29, 0.717) is 6.54 Å². The Kier molecular flexibility index (Phi) is 8.69. The van der Waals surface area contributed by atoms with Crippen molar-refractivity contribution in [2.75, 3.05) is 45.2 Å². The van der Waals surface area contributed by atoms with Gasteiger partial charge in [0.1, 0.15) is 5.75 Å². The lowest BCUT2D eigenvalue weighted by atomic mass is 9.92. The Labute approximate surface area is 220 Å². The number of benzene rings is 1. The average molecular weight is 508 g/mol. The highest BCUT2D eigenvalue weighted by molar-refractivity contribution is 5.91. The molecule has 2 aromatic rings. The second-order valence-electron chi connectivity index (χ2n) is 10.2.